The Hall–Kier alpha value is -3.48. The molecule has 1 aliphatic rings. The van der Waals surface area contributed by atoms with E-state index in [1.165, 1.54) is 0 Å². The first-order valence-corrected chi connectivity index (χ1v) is 8.65. The van der Waals surface area contributed by atoms with Gasteiger partial charge in [-0.25, -0.2) is 4.79 Å². The number of hydrogen-bond acceptors (Lipinski definition) is 5. The van der Waals surface area contributed by atoms with E-state index in [1.54, 1.807) is 17.1 Å². The third kappa shape index (κ3) is 4.38. The molecule has 1 N–H and O–H groups in total. The zero-order valence-electron chi connectivity index (χ0n) is 14.6. The Balaban J connectivity index is 1.28. The van der Waals surface area contributed by atoms with Crippen LogP contribution in [0, 0.1) is 0 Å². The van der Waals surface area contributed by atoms with E-state index in [2.05, 4.69) is 10.4 Å². The van der Waals surface area contributed by atoms with E-state index in [0.29, 0.717) is 18.8 Å². The number of ether oxygens (including phenoxy) is 3. The van der Waals surface area contributed by atoms with Gasteiger partial charge in [-0.15, -0.1) is 0 Å². The minimum Gasteiger partial charge on any atom is -0.486 e. The average Bonchev–Trinajstić information content (AvgIpc) is 3.14. The maximum Gasteiger partial charge on any atom is 0.412 e. The molecule has 4 rings (SSSR count). The summed E-state index contributed by atoms with van der Waals surface area (Å²) in [5.41, 5.74) is 1.49. The lowest BCUT2D eigenvalue weighted by atomic mass is 10.2. The van der Waals surface area contributed by atoms with Crippen molar-refractivity contribution in [1.29, 1.82) is 0 Å². The van der Waals surface area contributed by atoms with Gasteiger partial charge in [0, 0.05) is 6.20 Å². The largest absolute Gasteiger partial charge is 0.486 e. The van der Waals surface area contributed by atoms with Crippen molar-refractivity contribution in [1.82, 2.24) is 9.78 Å². The highest BCUT2D eigenvalue weighted by Gasteiger charge is 2.21. The van der Waals surface area contributed by atoms with Gasteiger partial charge in [-0.1, -0.05) is 42.5 Å². The Bertz CT molecular complexity index is 910. The number of fused-ring (bicyclic) bond motifs is 1. The summed E-state index contributed by atoms with van der Waals surface area (Å²) in [6.45, 7) is 1.17. The van der Waals surface area contributed by atoms with Crippen molar-refractivity contribution < 1.29 is 19.0 Å². The summed E-state index contributed by atoms with van der Waals surface area (Å²) in [6.07, 6.45) is 2.62. The lowest BCUT2D eigenvalue weighted by Crippen LogP contribution is -2.33. The molecule has 138 valence electrons. The molecule has 7 heteroatoms. The summed E-state index contributed by atoms with van der Waals surface area (Å²) in [6, 6.07) is 17.1. The van der Waals surface area contributed by atoms with Crippen LogP contribution in [0.4, 0.5) is 10.5 Å². The van der Waals surface area contributed by atoms with Gasteiger partial charge in [0.1, 0.15) is 13.2 Å². The number of rotatable bonds is 5. The van der Waals surface area contributed by atoms with Crippen LogP contribution in [0.15, 0.2) is 67.0 Å². The van der Waals surface area contributed by atoms with Crippen LogP contribution in [0.3, 0.4) is 0 Å². The van der Waals surface area contributed by atoms with Crippen LogP contribution < -0.4 is 14.8 Å². The molecule has 0 radical (unpaired) electrons. The topological polar surface area (TPSA) is 74.6 Å². The average molecular weight is 365 g/mol. The number of aromatic nitrogens is 2. The molecule has 0 fully saturated rings. The Morgan fingerprint density at radius 1 is 1.15 bits per heavy atom. The molecule has 1 aliphatic heterocycles. The van der Waals surface area contributed by atoms with Gasteiger partial charge in [0.2, 0.25) is 0 Å². The molecule has 1 aromatic heterocycles. The van der Waals surface area contributed by atoms with Gasteiger partial charge >= 0.3 is 6.09 Å². The van der Waals surface area contributed by atoms with E-state index in [1.807, 2.05) is 54.6 Å². The van der Waals surface area contributed by atoms with Crippen LogP contribution in [-0.4, -0.2) is 28.6 Å². The molecule has 3 aromatic rings. The second-order valence-electron chi connectivity index (χ2n) is 6.14. The number of hydrogen-bond donors (Lipinski definition) is 1. The first-order valence-electron chi connectivity index (χ1n) is 8.65. The normalized spacial score (nSPS) is 15.2. The fraction of sp³-hybridized carbons (Fsp3) is 0.200. The summed E-state index contributed by atoms with van der Waals surface area (Å²) in [4.78, 5) is 11.9. The van der Waals surface area contributed by atoms with E-state index in [9.17, 15) is 4.79 Å². The lowest BCUT2D eigenvalue weighted by molar-refractivity contribution is 0.0759. The highest BCUT2D eigenvalue weighted by Crippen LogP contribution is 2.31. The van der Waals surface area contributed by atoms with Gasteiger partial charge in [-0.3, -0.25) is 10.00 Å². The molecule has 7 nitrogen and oxygen atoms in total. The maximum absolute atomic E-state index is 11.9. The second-order valence-corrected chi connectivity index (χ2v) is 6.14. The number of benzene rings is 2. The number of anilines is 1. The zero-order chi connectivity index (χ0) is 18.5. The van der Waals surface area contributed by atoms with Crippen LogP contribution in [-0.2, 0) is 17.9 Å². The van der Waals surface area contributed by atoms with Crippen molar-refractivity contribution in [3.8, 4) is 11.5 Å². The zero-order valence-corrected chi connectivity index (χ0v) is 14.6. The summed E-state index contributed by atoms with van der Waals surface area (Å²) in [7, 11) is 0. The quantitative estimate of drug-likeness (QED) is 0.749. The van der Waals surface area contributed by atoms with Gasteiger partial charge in [0.25, 0.3) is 0 Å². The van der Waals surface area contributed by atoms with Crippen LogP contribution in [0.25, 0.3) is 0 Å². The van der Waals surface area contributed by atoms with E-state index >= 15 is 0 Å². The molecule has 1 unspecified atom stereocenters. The van der Waals surface area contributed by atoms with Crippen LogP contribution in [0.5, 0.6) is 11.5 Å². The Morgan fingerprint density at radius 3 is 2.78 bits per heavy atom. The second kappa shape index (κ2) is 7.82. The Kier molecular flexibility index (Phi) is 4.91. The maximum atomic E-state index is 11.9. The van der Waals surface area contributed by atoms with E-state index in [0.717, 1.165) is 17.1 Å². The first-order chi connectivity index (χ1) is 13.3. The van der Waals surface area contributed by atoms with Crippen LogP contribution in [0.1, 0.15) is 5.56 Å². The van der Waals surface area contributed by atoms with Crippen molar-refractivity contribution in [2.75, 3.05) is 11.9 Å². The molecule has 1 amide bonds. The van der Waals surface area contributed by atoms with Crippen molar-refractivity contribution in [2.45, 2.75) is 19.3 Å². The van der Waals surface area contributed by atoms with Gasteiger partial charge in [-0.05, 0) is 17.7 Å². The molecule has 0 saturated carbocycles. The third-order valence-electron chi connectivity index (χ3n) is 4.05. The number of carbonyl (C=O) groups excluding carboxylic acids is 1. The molecule has 2 aromatic carbocycles. The fourth-order valence-corrected chi connectivity index (χ4v) is 2.77. The highest BCUT2D eigenvalue weighted by molar-refractivity contribution is 5.84. The van der Waals surface area contributed by atoms with Gasteiger partial charge in [0.05, 0.1) is 18.4 Å². The number of nitrogens with one attached hydrogen (secondary N) is 1. The fourth-order valence-electron chi connectivity index (χ4n) is 2.77. The Morgan fingerprint density at radius 2 is 1.93 bits per heavy atom. The van der Waals surface area contributed by atoms with Crippen LogP contribution >= 0.6 is 0 Å². The van der Waals surface area contributed by atoms with E-state index in [4.69, 9.17) is 14.2 Å². The minimum atomic E-state index is -0.524. The van der Waals surface area contributed by atoms with Crippen molar-refractivity contribution >= 4 is 11.8 Å². The SMILES string of the molecule is O=C(Nc1cnn(CC2COc3ccccc3O2)c1)OCc1ccccc1. The summed E-state index contributed by atoms with van der Waals surface area (Å²) in [5, 5.41) is 6.92. The Labute approximate surface area is 156 Å². The summed E-state index contributed by atoms with van der Waals surface area (Å²) < 4.78 is 18.5. The van der Waals surface area contributed by atoms with Gasteiger partial charge in [0.15, 0.2) is 17.6 Å². The lowest BCUT2D eigenvalue weighted by Gasteiger charge is -2.26. The molecule has 0 bridgehead atoms. The molecule has 2 heterocycles. The summed E-state index contributed by atoms with van der Waals surface area (Å²) >= 11 is 0. The number of nitrogens with zero attached hydrogens (tertiary/aromatic N) is 2. The van der Waals surface area contributed by atoms with E-state index in [-0.39, 0.29) is 12.7 Å². The number of para-hydroxylation sites is 2. The minimum absolute atomic E-state index is 0.155. The molecular formula is C20H19N3O4. The molecular weight excluding hydrogens is 346 g/mol. The standard InChI is InChI=1S/C20H19N3O4/c24-20(26-13-15-6-2-1-3-7-15)22-16-10-21-23(11-16)12-17-14-25-18-8-4-5-9-19(18)27-17/h1-11,17H,12-14H2,(H,22,24). The van der Waals surface area contributed by atoms with Crippen molar-refractivity contribution in [2.24, 2.45) is 0 Å². The van der Waals surface area contributed by atoms with Crippen molar-refractivity contribution in [3.63, 3.8) is 0 Å². The van der Waals surface area contributed by atoms with Gasteiger partial charge in [-0.2, -0.15) is 5.10 Å². The third-order valence-corrected chi connectivity index (χ3v) is 4.05. The molecule has 27 heavy (non-hydrogen) atoms. The number of carbonyl (C=O) groups is 1. The predicted molar refractivity (Wildman–Crippen MR) is 98.8 cm³/mol. The molecule has 0 aliphatic carbocycles. The highest BCUT2D eigenvalue weighted by atomic mass is 16.6. The number of amides is 1. The summed E-state index contributed by atoms with van der Waals surface area (Å²) in [5.74, 6) is 1.47. The van der Waals surface area contributed by atoms with Crippen LogP contribution in [0.2, 0.25) is 0 Å². The molecule has 1 atom stereocenters. The predicted octanol–water partition coefficient (Wildman–Crippen LogP) is 3.47. The first kappa shape index (κ1) is 17.0. The van der Waals surface area contributed by atoms with Gasteiger partial charge < -0.3 is 14.2 Å². The molecule has 0 spiro atoms. The van der Waals surface area contributed by atoms with E-state index < -0.39 is 6.09 Å². The monoisotopic (exact) mass is 365 g/mol. The molecule has 0 saturated heterocycles. The van der Waals surface area contributed by atoms with Crippen molar-refractivity contribution in [3.05, 3.63) is 72.6 Å². The smallest absolute Gasteiger partial charge is 0.412 e.